The maximum atomic E-state index is 12.3. The Hall–Kier alpha value is -1.67. The van der Waals surface area contributed by atoms with Crippen LogP contribution in [-0.4, -0.2) is 32.5 Å². The first-order chi connectivity index (χ1) is 11.4. The minimum Gasteiger partial charge on any atom is -0.358 e. The Morgan fingerprint density at radius 2 is 2.08 bits per heavy atom. The SMILES string of the molecule is Cc1nc([N+](=O)[O-])cn1CCC(=O)NC1C2CCCC1CC(N)C2.Cl. The first-order valence-corrected chi connectivity index (χ1v) is 8.67. The van der Waals surface area contributed by atoms with Gasteiger partial charge in [-0.25, -0.2) is 0 Å². The number of amides is 1. The van der Waals surface area contributed by atoms with Gasteiger partial charge >= 0.3 is 5.82 Å². The van der Waals surface area contributed by atoms with Gasteiger partial charge in [0.1, 0.15) is 6.20 Å². The summed E-state index contributed by atoms with van der Waals surface area (Å²) >= 11 is 0. The van der Waals surface area contributed by atoms with Gasteiger partial charge in [-0.05, 0) is 47.4 Å². The van der Waals surface area contributed by atoms with Crippen molar-refractivity contribution in [3.05, 3.63) is 22.1 Å². The van der Waals surface area contributed by atoms with Crippen molar-refractivity contribution in [2.24, 2.45) is 17.6 Å². The second kappa shape index (κ2) is 8.14. The van der Waals surface area contributed by atoms with Crippen LogP contribution in [0.25, 0.3) is 0 Å². The second-order valence-electron chi connectivity index (χ2n) is 7.12. The van der Waals surface area contributed by atoms with Crippen LogP contribution in [0.5, 0.6) is 0 Å². The molecule has 2 bridgehead atoms. The van der Waals surface area contributed by atoms with Crippen LogP contribution in [0.1, 0.15) is 44.3 Å². The molecule has 0 spiro atoms. The normalized spacial score (nSPS) is 28.1. The molecule has 0 aromatic carbocycles. The summed E-state index contributed by atoms with van der Waals surface area (Å²) in [5.74, 6) is 1.36. The highest BCUT2D eigenvalue weighted by Crippen LogP contribution is 2.39. The smallest absolute Gasteiger partial charge is 0.358 e. The molecule has 2 atom stereocenters. The largest absolute Gasteiger partial charge is 0.381 e. The molecule has 2 saturated carbocycles. The number of rotatable bonds is 5. The van der Waals surface area contributed by atoms with Crippen molar-refractivity contribution in [2.45, 2.75) is 64.1 Å². The molecule has 1 heterocycles. The molecule has 3 rings (SSSR count). The lowest BCUT2D eigenvalue weighted by Crippen LogP contribution is -2.53. The molecule has 0 radical (unpaired) electrons. The molecule has 2 fully saturated rings. The average molecular weight is 372 g/mol. The third kappa shape index (κ3) is 4.49. The number of nitrogens with two attached hydrogens (primary N) is 1. The van der Waals surface area contributed by atoms with Crippen molar-refractivity contribution in [2.75, 3.05) is 0 Å². The molecule has 2 aliphatic carbocycles. The van der Waals surface area contributed by atoms with Gasteiger partial charge in [0, 0.05) is 32.0 Å². The molecule has 3 N–H and O–H groups in total. The topological polar surface area (TPSA) is 116 Å². The lowest BCUT2D eigenvalue weighted by Gasteiger charge is -2.45. The number of carbonyl (C=O) groups excluding carboxylic acids is 1. The fourth-order valence-corrected chi connectivity index (χ4v) is 4.31. The summed E-state index contributed by atoms with van der Waals surface area (Å²) in [4.78, 5) is 26.4. The molecule has 0 saturated heterocycles. The van der Waals surface area contributed by atoms with E-state index in [1.807, 2.05) is 0 Å². The fraction of sp³-hybridized carbons (Fsp3) is 0.750. The van der Waals surface area contributed by atoms with Gasteiger partial charge in [-0.3, -0.25) is 4.79 Å². The van der Waals surface area contributed by atoms with E-state index in [9.17, 15) is 14.9 Å². The number of halogens is 1. The number of hydrogen-bond acceptors (Lipinski definition) is 5. The van der Waals surface area contributed by atoms with E-state index in [4.69, 9.17) is 5.73 Å². The van der Waals surface area contributed by atoms with Crippen LogP contribution < -0.4 is 11.1 Å². The van der Waals surface area contributed by atoms with Crippen molar-refractivity contribution in [1.82, 2.24) is 14.9 Å². The molecule has 1 amide bonds. The highest BCUT2D eigenvalue weighted by Gasteiger charge is 2.39. The Morgan fingerprint density at radius 3 is 2.64 bits per heavy atom. The molecule has 8 nitrogen and oxygen atoms in total. The number of nitrogens with one attached hydrogen (secondary N) is 1. The van der Waals surface area contributed by atoms with Crippen molar-refractivity contribution in [3.63, 3.8) is 0 Å². The first-order valence-electron chi connectivity index (χ1n) is 8.67. The number of nitro groups is 1. The monoisotopic (exact) mass is 371 g/mol. The van der Waals surface area contributed by atoms with E-state index in [0.717, 1.165) is 25.7 Å². The number of hydrogen-bond donors (Lipinski definition) is 2. The van der Waals surface area contributed by atoms with Crippen LogP contribution in [-0.2, 0) is 11.3 Å². The zero-order chi connectivity index (χ0) is 17.3. The minimum absolute atomic E-state index is 0. The highest BCUT2D eigenvalue weighted by atomic mass is 35.5. The summed E-state index contributed by atoms with van der Waals surface area (Å²) in [6, 6.07) is 0.506. The van der Waals surface area contributed by atoms with E-state index in [0.29, 0.717) is 30.6 Å². The number of aryl methyl sites for hydroxylation is 2. The van der Waals surface area contributed by atoms with E-state index in [1.54, 1.807) is 11.5 Å². The van der Waals surface area contributed by atoms with Crippen LogP contribution >= 0.6 is 12.4 Å². The molecule has 2 aliphatic rings. The Bertz CT molecular complexity index is 621. The van der Waals surface area contributed by atoms with Gasteiger partial charge in [-0.15, -0.1) is 12.4 Å². The standard InChI is InChI=1S/C16H25N5O3.ClH/c1-10-18-14(21(23)24)9-20(10)6-5-15(22)19-16-11-3-2-4-12(16)8-13(17)7-11;/h9,11-13,16H,2-8,17H2,1H3,(H,19,22);1H. The summed E-state index contributed by atoms with van der Waals surface area (Å²) in [6.07, 6.45) is 7.19. The van der Waals surface area contributed by atoms with Crippen molar-refractivity contribution >= 4 is 24.1 Å². The quantitative estimate of drug-likeness (QED) is 0.606. The molecule has 1 aromatic heterocycles. The number of aromatic nitrogens is 2. The summed E-state index contributed by atoms with van der Waals surface area (Å²) in [6.45, 7) is 2.11. The number of imidazole rings is 1. The zero-order valence-corrected chi connectivity index (χ0v) is 15.2. The van der Waals surface area contributed by atoms with Crippen LogP contribution in [0.15, 0.2) is 6.20 Å². The van der Waals surface area contributed by atoms with Gasteiger partial charge in [0.2, 0.25) is 11.7 Å². The average Bonchev–Trinajstić information content (AvgIpc) is 2.87. The van der Waals surface area contributed by atoms with Crippen molar-refractivity contribution in [1.29, 1.82) is 0 Å². The molecule has 9 heteroatoms. The highest BCUT2D eigenvalue weighted by molar-refractivity contribution is 5.85. The first kappa shape index (κ1) is 19.7. The Kier molecular flexibility index (Phi) is 6.40. The van der Waals surface area contributed by atoms with Crippen molar-refractivity contribution < 1.29 is 9.72 Å². The maximum Gasteiger partial charge on any atom is 0.381 e. The number of fused-ring (bicyclic) bond motifs is 2. The lowest BCUT2D eigenvalue weighted by atomic mass is 9.67. The van der Waals surface area contributed by atoms with Gasteiger partial charge in [-0.2, -0.15) is 0 Å². The predicted molar refractivity (Wildman–Crippen MR) is 95.5 cm³/mol. The Balaban J connectivity index is 0.00000225. The van der Waals surface area contributed by atoms with E-state index >= 15 is 0 Å². The molecular formula is C16H26ClN5O3. The fourth-order valence-electron chi connectivity index (χ4n) is 4.31. The summed E-state index contributed by atoms with van der Waals surface area (Å²) in [5, 5.41) is 13.9. The van der Waals surface area contributed by atoms with Gasteiger partial charge in [0.15, 0.2) is 0 Å². The second-order valence-corrected chi connectivity index (χ2v) is 7.12. The summed E-state index contributed by atoms with van der Waals surface area (Å²) in [7, 11) is 0. The van der Waals surface area contributed by atoms with E-state index < -0.39 is 4.92 Å². The third-order valence-corrected chi connectivity index (χ3v) is 5.43. The molecule has 2 unspecified atom stereocenters. The van der Waals surface area contributed by atoms with Crippen LogP contribution in [0.4, 0.5) is 5.82 Å². The predicted octanol–water partition coefficient (Wildman–Crippen LogP) is 1.93. The van der Waals surface area contributed by atoms with Crippen LogP contribution in [0.2, 0.25) is 0 Å². The summed E-state index contributed by atoms with van der Waals surface area (Å²) < 4.78 is 1.66. The Labute approximate surface area is 153 Å². The molecule has 140 valence electrons. The molecule has 0 aliphatic heterocycles. The van der Waals surface area contributed by atoms with Gasteiger partial charge in [-0.1, -0.05) is 6.42 Å². The van der Waals surface area contributed by atoms with Gasteiger partial charge < -0.3 is 25.7 Å². The zero-order valence-electron chi connectivity index (χ0n) is 14.4. The van der Waals surface area contributed by atoms with E-state index in [-0.39, 0.29) is 36.2 Å². The molecule has 25 heavy (non-hydrogen) atoms. The maximum absolute atomic E-state index is 12.3. The van der Waals surface area contributed by atoms with Crippen molar-refractivity contribution in [3.8, 4) is 0 Å². The van der Waals surface area contributed by atoms with Gasteiger partial charge in [0.05, 0.1) is 0 Å². The third-order valence-electron chi connectivity index (χ3n) is 5.43. The van der Waals surface area contributed by atoms with Crippen LogP contribution in [0, 0.1) is 28.9 Å². The Morgan fingerprint density at radius 1 is 1.44 bits per heavy atom. The van der Waals surface area contributed by atoms with Crippen LogP contribution in [0.3, 0.4) is 0 Å². The number of carbonyl (C=O) groups is 1. The molecular weight excluding hydrogens is 346 g/mol. The van der Waals surface area contributed by atoms with E-state index in [1.165, 1.54) is 12.6 Å². The van der Waals surface area contributed by atoms with Gasteiger partial charge in [0.25, 0.3) is 0 Å². The number of nitrogens with zero attached hydrogens (tertiary/aromatic N) is 3. The minimum atomic E-state index is -0.518. The summed E-state index contributed by atoms with van der Waals surface area (Å²) in [5.41, 5.74) is 6.12. The lowest BCUT2D eigenvalue weighted by molar-refractivity contribution is -0.389. The molecule has 1 aromatic rings. The van der Waals surface area contributed by atoms with E-state index in [2.05, 4.69) is 10.3 Å².